The number of benzene rings is 3. The molecule has 0 fully saturated rings. The predicted molar refractivity (Wildman–Crippen MR) is 115 cm³/mol. The minimum atomic E-state index is -1.29. The Balaban J connectivity index is 0.000000380. The van der Waals surface area contributed by atoms with E-state index in [9.17, 15) is 18.0 Å². The standard InChI is InChI=1S/C17H16F3NO3.C7H9N/c18-14-9-16(20)15(19)7-12(14)6-13(8-17(22)23)21-24-10-11-4-2-1-3-5-11;8-6-7-4-2-1-3-5-7/h1-5,7,9,13,21H,6,8,10H2,(H,22,23);1-5H,6,8H2/t13-;/m1./s1. The summed E-state index contributed by atoms with van der Waals surface area (Å²) in [5, 5.41) is 8.92. The summed E-state index contributed by atoms with van der Waals surface area (Å²) in [4.78, 5) is 16.2. The fraction of sp³-hybridized carbons (Fsp3) is 0.208. The first kappa shape index (κ1) is 25.1. The normalized spacial score (nSPS) is 11.4. The van der Waals surface area contributed by atoms with E-state index in [0.29, 0.717) is 12.6 Å². The second-order valence-electron chi connectivity index (χ2n) is 6.94. The lowest BCUT2D eigenvalue weighted by molar-refractivity contribution is -0.138. The Labute approximate surface area is 184 Å². The Hall–Kier alpha value is -3.20. The van der Waals surface area contributed by atoms with Crippen LogP contribution in [0.4, 0.5) is 13.2 Å². The first-order chi connectivity index (χ1) is 15.4. The number of rotatable bonds is 9. The summed E-state index contributed by atoms with van der Waals surface area (Å²) in [6.07, 6.45) is -0.530. The molecule has 5 nitrogen and oxygen atoms in total. The fourth-order valence-electron chi connectivity index (χ4n) is 2.78. The van der Waals surface area contributed by atoms with Gasteiger partial charge in [0.2, 0.25) is 0 Å². The summed E-state index contributed by atoms with van der Waals surface area (Å²) in [7, 11) is 0. The van der Waals surface area contributed by atoms with Crippen LogP contribution in [0.5, 0.6) is 0 Å². The van der Waals surface area contributed by atoms with Crippen molar-refractivity contribution in [3.8, 4) is 0 Å². The molecule has 1 atom stereocenters. The van der Waals surface area contributed by atoms with E-state index in [1.807, 2.05) is 60.7 Å². The van der Waals surface area contributed by atoms with E-state index in [2.05, 4.69) is 5.48 Å². The van der Waals surface area contributed by atoms with Crippen LogP contribution in [0.15, 0.2) is 72.8 Å². The van der Waals surface area contributed by atoms with E-state index in [1.54, 1.807) is 0 Å². The molecule has 0 spiro atoms. The van der Waals surface area contributed by atoms with Crippen LogP contribution in [-0.4, -0.2) is 17.1 Å². The molecule has 0 aliphatic rings. The quantitative estimate of drug-likeness (QED) is 0.336. The summed E-state index contributed by atoms with van der Waals surface area (Å²) in [5.74, 6) is -4.54. The number of carboxylic acid groups (broad SMARTS) is 1. The van der Waals surface area contributed by atoms with Gasteiger partial charge in [0.1, 0.15) is 5.82 Å². The van der Waals surface area contributed by atoms with E-state index in [0.717, 1.165) is 11.6 Å². The van der Waals surface area contributed by atoms with Gasteiger partial charge in [0.25, 0.3) is 0 Å². The largest absolute Gasteiger partial charge is 0.481 e. The number of halogens is 3. The number of carboxylic acids is 1. The molecule has 0 unspecified atom stereocenters. The number of carbonyl (C=O) groups is 1. The molecule has 0 amide bonds. The highest BCUT2D eigenvalue weighted by molar-refractivity contribution is 5.67. The van der Waals surface area contributed by atoms with Crippen LogP contribution < -0.4 is 11.2 Å². The van der Waals surface area contributed by atoms with Crippen molar-refractivity contribution in [2.24, 2.45) is 5.73 Å². The minimum Gasteiger partial charge on any atom is -0.481 e. The second kappa shape index (κ2) is 13.3. The molecule has 4 N–H and O–H groups in total. The lowest BCUT2D eigenvalue weighted by Gasteiger charge is -2.17. The maximum absolute atomic E-state index is 13.7. The topological polar surface area (TPSA) is 84.6 Å². The first-order valence-corrected chi connectivity index (χ1v) is 9.89. The van der Waals surface area contributed by atoms with Crippen LogP contribution in [0.1, 0.15) is 23.1 Å². The SMILES string of the molecule is NCc1ccccc1.O=C(O)C[C@@H](Cc1cc(F)c(F)cc1F)NOCc1ccccc1. The lowest BCUT2D eigenvalue weighted by Crippen LogP contribution is -2.33. The zero-order valence-corrected chi connectivity index (χ0v) is 17.3. The average Bonchev–Trinajstić information content (AvgIpc) is 2.78. The van der Waals surface area contributed by atoms with Gasteiger partial charge < -0.3 is 10.8 Å². The van der Waals surface area contributed by atoms with Gasteiger partial charge in [-0.25, -0.2) is 13.2 Å². The molecule has 3 rings (SSSR count). The van der Waals surface area contributed by atoms with Crippen LogP contribution >= 0.6 is 0 Å². The van der Waals surface area contributed by atoms with E-state index in [-0.39, 0.29) is 25.0 Å². The van der Waals surface area contributed by atoms with Crippen LogP contribution in [-0.2, 0) is 29.2 Å². The molecule has 0 bridgehead atoms. The van der Waals surface area contributed by atoms with Crippen molar-refractivity contribution in [2.75, 3.05) is 0 Å². The Morgan fingerprint density at radius 2 is 1.47 bits per heavy atom. The lowest BCUT2D eigenvalue weighted by atomic mass is 10.0. The Bertz CT molecular complexity index is 973. The highest BCUT2D eigenvalue weighted by Crippen LogP contribution is 2.16. The molecule has 0 saturated carbocycles. The Morgan fingerprint density at radius 1 is 0.906 bits per heavy atom. The zero-order chi connectivity index (χ0) is 23.3. The van der Waals surface area contributed by atoms with Gasteiger partial charge in [-0.3, -0.25) is 9.63 Å². The summed E-state index contributed by atoms with van der Waals surface area (Å²) >= 11 is 0. The number of hydroxylamine groups is 1. The highest BCUT2D eigenvalue weighted by atomic mass is 19.2. The molecule has 0 aromatic heterocycles. The number of nitrogens with two attached hydrogens (primary N) is 1. The number of nitrogens with one attached hydrogen (secondary N) is 1. The molecule has 0 heterocycles. The molecule has 3 aromatic rings. The van der Waals surface area contributed by atoms with Crippen molar-refractivity contribution in [2.45, 2.75) is 32.0 Å². The van der Waals surface area contributed by atoms with Crippen LogP contribution in [0.25, 0.3) is 0 Å². The van der Waals surface area contributed by atoms with Gasteiger partial charge in [0.05, 0.1) is 13.0 Å². The van der Waals surface area contributed by atoms with Crippen molar-refractivity contribution in [1.82, 2.24) is 5.48 Å². The van der Waals surface area contributed by atoms with Gasteiger partial charge in [-0.2, -0.15) is 5.48 Å². The van der Waals surface area contributed by atoms with Crippen molar-refractivity contribution in [1.29, 1.82) is 0 Å². The van der Waals surface area contributed by atoms with E-state index in [1.165, 1.54) is 5.56 Å². The third-order valence-corrected chi connectivity index (χ3v) is 4.39. The summed E-state index contributed by atoms with van der Waals surface area (Å²) in [6, 6.07) is 19.5. The fourth-order valence-corrected chi connectivity index (χ4v) is 2.78. The van der Waals surface area contributed by atoms with Crippen molar-refractivity contribution in [3.63, 3.8) is 0 Å². The molecule has 0 aliphatic carbocycles. The van der Waals surface area contributed by atoms with Gasteiger partial charge in [-0.15, -0.1) is 0 Å². The number of hydrogen-bond donors (Lipinski definition) is 3. The minimum absolute atomic E-state index is 0.129. The third-order valence-electron chi connectivity index (χ3n) is 4.39. The van der Waals surface area contributed by atoms with Crippen LogP contribution in [0.3, 0.4) is 0 Å². The molecule has 0 saturated heterocycles. The van der Waals surface area contributed by atoms with Gasteiger partial charge in [-0.1, -0.05) is 60.7 Å². The third kappa shape index (κ3) is 8.89. The number of aliphatic carboxylic acids is 1. The summed E-state index contributed by atoms with van der Waals surface area (Å²) in [5.41, 5.74) is 9.81. The molecular formula is C24H25F3N2O3. The molecule has 170 valence electrons. The molecule has 3 aromatic carbocycles. The van der Waals surface area contributed by atoms with E-state index >= 15 is 0 Å². The summed E-state index contributed by atoms with van der Waals surface area (Å²) in [6.45, 7) is 0.818. The van der Waals surface area contributed by atoms with E-state index < -0.39 is 29.5 Å². The predicted octanol–water partition coefficient (Wildman–Crippen LogP) is 4.36. The van der Waals surface area contributed by atoms with Gasteiger partial charge >= 0.3 is 5.97 Å². The smallest absolute Gasteiger partial charge is 0.305 e. The second-order valence-corrected chi connectivity index (χ2v) is 6.94. The Kier molecular flexibility index (Phi) is 10.4. The van der Waals surface area contributed by atoms with Crippen LogP contribution in [0.2, 0.25) is 0 Å². The molecule has 8 heteroatoms. The first-order valence-electron chi connectivity index (χ1n) is 9.89. The average molecular weight is 446 g/mol. The molecular weight excluding hydrogens is 421 g/mol. The molecule has 0 aliphatic heterocycles. The Morgan fingerprint density at radius 3 is 2.00 bits per heavy atom. The maximum Gasteiger partial charge on any atom is 0.305 e. The maximum atomic E-state index is 13.7. The zero-order valence-electron chi connectivity index (χ0n) is 17.3. The summed E-state index contributed by atoms with van der Waals surface area (Å²) < 4.78 is 39.9. The molecule has 32 heavy (non-hydrogen) atoms. The monoisotopic (exact) mass is 446 g/mol. The highest BCUT2D eigenvalue weighted by Gasteiger charge is 2.18. The molecule has 0 radical (unpaired) electrons. The number of hydrogen-bond acceptors (Lipinski definition) is 4. The van der Waals surface area contributed by atoms with E-state index in [4.69, 9.17) is 15.7 Å². The van der Waals surface area contributed by atoms with Gasteiger partial charge in [0.15, 0.2) is 11.6 Å². The van der Waals surface area contributed by atoms with Crippen LogP contribution in [0, 0.1) is 17.5 Å². The van der Waals surface area contributed by atoms with Gasteiger partial charge in [-0.05, 0) is 29.2 Å². The van der Waals surface area contributed by atoms with Gasteiger partial charge in [0, 0.05) is 18.7 Å². The van der Waals surface area contributed by atoms with Crippen molar-refractivity contribution in [3.05, 3.63) is 107 Å². The van der Waals surface area contributed by atoms with Crippen molar-refractivity contribution >= 4 is 5.97 Å². The van der Waals surface area contributed by atoms with Crippen molar-refractivity contribution < 1.29 is 27.9 Å².